The molecule has 0 atom stereocenters. The van der Waals surface area contributed by atoms with Crippen molar-refractivity contribution in [3.8, 4) is 5.69 Å². The van der Waals surface area contributed by atoms with E-state index in [4.69, 9.17) is 5.73 Å². The Morgan fingerprint density at radius 3 is 2.83 bits per heavy atom. The average Bonchev–Trinajstić information content (AvgIpc) is 2.74. The number of nitrogen functional groups attached to an aromatic ring is 1. The first-order valence-corrected chi connectivity index (χ1v) is 6.01. The molecule has 2 rings (SSSR count). The maximum atomic E-state index is 11.4. The zero-order valence-corrected chi connectivity index (χ0v) is 11.6. The number of carbonyl (C=O) groups is 1. The number of aromatic nitrogens is 2. The number of hydrogen-bond donors (Lipinski definition) is 1. The fourth-order valence-corrected chi connectivity index (χ4v) is 1.92. The van der Waals surface area contributed by atoms with Crippen LogP contribution in [0.1, 0.15) is 16.1 Å². The largest absolute Gasteiger partial charge is 0.464 e. The van der Waals surface area contributed by atoms with Crippen LogP contribution in [0.5, 0.6) is 0 Å². The Morgan fingerprint density at radius 1 is 1.50 bits per heavy atom. The number of nitrogens with two attached hydrogens (primary N) is 1. The van der Waals surface area contributed by atoms with E-state index >= 15 is 0 Å². The fraction of sp³-hybridized carbons (Fsp3) is 0.167. The molecule has 2 aromatic rings. The zero-order valence-electron chi connectivity index (χ0n) is 9.98. The van der Waals surface area contributed by atoms with Crippen LogP contribution in [0, 0.1) is 6.92 Å². The minimum atomic E-state index is -0.544. The highest BCUT2D eigenvalue weighted by Gasteiger charge is 2.16. The summed E-state index contributed by atoms with van der Waals surface area (Å²) in [5, 5.41) is 0. The van der Waals surface area contributed by atoms with Gasteiger partial charge in [0.2, 0.25) is 0 Å². The molecule has 2 N–H and O–H groups in total. The summed E-state index contributed by atoms with van der Waals surface area (Å²) in [5.41, 5.74) is 7.95. The molecule has 1 aromatic carbocycles. The lowest BCUT2D eigenvalue weighted by atomic mass is 10.2. The third-order valence-corrected chi connectivity index (χ3v) is 3.47. The van der Waals surface area contributed by atoms with Crippen molar-refractivity contribution in [2.24, 2.45) is 0 Å². The van der Waals surface area contributed by atoms with Gasteiger partial charge in [0.1, 0.15) is 12.1 Å². The highest BCUT2D eigenvalue weighted by atomic mass is 79.9. The lowest BCUT2D eigenvalue weighted by Crippen LogP contribution is -2.07. The SMILES string of the molecule is COC(=O)c1ncn(-c2ccc(C)c(Br)c2)c1N. The molecule has 0 aliphatic rings. The first-order chi connectivity index (χ1) is 8.54. The van der Waals surface area contributed by atoms with Crippen molar-refractivity contribution in [2.45, 2.75) is 6.92 Å². The van der Waals surface area contributed by atoms with E-state index in [1.807, 2.05) is 25.1 Å². The Morgan fingerprint density at radius 2 is 2.22 bits per heavy atom. The molecule has 1 heterocycles. The Hall–Kier alpha value is -1.82. The van der Waals surface area contributed by atoms with Crippen LogP contribution in [-0.2, 0) is 4.74 Å². The summed E-state index contributed by atoms with van der Waals surface area (Å²) in [6, 6.07) is 5.77. The summed E-state index contributed by atoms with van der Waals surface area (Å²) in [6.45, 7) is 1.99. The van der Waals surface area contributed by atoms with Crippen molar-refractivity contribution in [3.63, 3.8) is 0 Å². The van der Waals surface area contributed by atoms with E-state index in [9.17, 15) is 4.79 Å². The van der Waals surface area contributed by atoms with E-state index in [0.717, 1.165) is 15.7 Å². The average molecular weight is 310 g/mol. The van der Waals surface area contributed by atoms with Crippen LogP contribution in [-0.4, -0.2) is 22.6 Å². The minimum Gasteiger partial charge on any atom is -0.464 e. The number of aryl methyl sites for hydroxylation is 1. The quantitative estimate of drug-likeness (QED) is 0.864. The predicted octanol–water partition coefficient (Wildman–Crippen LogP) is 2.31. The number of benzene rings is 1. The van der Waals surface area contributed by atoms with Crippen molar-refractivity contribution in [1.29, 1.82) is 0 Å². The number of methoxy groups -OCH3 is 1. The summed E-state index contributed by atoms with van der Waals surface area (Å²) >= 11 is 3.45. The second-order valence-corrected chi connectivity index (χ2v) is 4.63. The molecule has 6 heteroatoms. The Bertz CT molecular complexity index is 607. The summed E-state index contributed by atoms with van der Waals surface area (Å²) in [7, 11) is 1.29. The number of carbonyl (C=O) groups excluding carboxylic acids is 1. The van der Waals surface area contributed by atoms with Crippen molar-refractivity contribution in [3.05, 3.63) is 40.3 Å². The second kappa shape index (κ2) is 4.81. The van der Waals surface area contributed by atoms with Crippen molar-refractivity contribution in [1.82, 2.24) is 9.55 Å². The number of hydrogen-bond acceptors (Lipinski definition) is 4. The Balaban J connectivity index is 2.48. The van der Waals surface area contributed by atoms with Gasteiger partial charge in [0.05, 0.1) is 7.11 Å². The van der Waals surface area contributed by atoms with Gasteiger partial charge in [-0.2, -0.15) is 0 Å². The molecule has 18 heavy (non-hydrogen) atoms. The number of rotatable bonds is 2. The smallest absolute Gasteiger partial charge is 0.360 e. The number of nitrogens with zero attached hydrogens (tertiary/aromatic N) is 2. The summed E-state index contributed by atoms with van der Waals surface area (Å²) < 4.78 is 7.21. The van der Waals surface area contributed by atoms with Gasteiger partial charge in [-0.3, -0.25) is 4.57 Å². The van der Waals surface area contributed by atoms with Crippen LogP contribution >= 0.6 is 15.9 Å². The maximum absolute atomic E-state index is 11.4. The second-order valence-electron chi connectivity index (χ2n) is 3.77. The molecular weight excluding hydrogens is 298 g/mol. The minimum absolute atomic E-state index is 0.120. The van der Waals surface area contributed by atoms with Gasteiger partial charge in [0, 0.05) is 10.2 Å². The van der Waals surface area contributed by atoms with Crippen LogP contribution in [0.4, 0.5) is 5.82 Å². The van der Waals surface area contributed by atoms with E-state index in [1.54, 1.807) is 4.57 Å². The van der Waals surface area contributed by atoms with Gasteiger partial charge in [0.15, 0.2) is 5.69 Å². The molecule has 0 aliphatic heterocycles. The topological polar surface area (TPSA) is 70.1 Å². The highest BCUT2D eigenvalue weighted by molar-refractivity contribution is 9.10. The molecule has 0 aliphatic carbocycles. The van der Waals surface area contributed by atoms with Crippen LogP contribution in [0.25, 0.3) is 5.69 Å². The van der Waals surface area contributed by atoms with Crippen molar-refractivity contribution >= 4 is 27.7 Å². The van der Waals surface area contributed by atoms with Crippen LogP contribution in [0.15, 0.2) is 29.0 Å². The van der Waals surface area contributed by atoms with E-state index in [0.29, 0.717) is 0 Å². The van der Waals surface area contributed by atoms with Gasteiger partial charge in [-0.1, -0.05) is 22.0 Å². The van der Waals surface area contributed by atoms with Gasteiger partial charge in [-0.05, 0) is 24.6 Å². The number of imidazole rings is 1. The third-order valence-electron chi connectivity index (χ3n) is 2.62. The molecule has 0 unspecified atom stereocenters. The van der Waals surface area contributed by atoms with Gasteiger partial charge in [-0.25, -0.2) is 9.78 Å². The summed E-state index contributed by atoms with van der Waals surface area (Å²) in [6.07, 6.45) is 1.50. The predicted molar refractivity (Wildman–Crippen MR) is 71.8 cm³/mol. The third kappa shape index (κ3) is 2.11. The molecule has 1 aromatic heterocycles. The van der Waals surface area contributed by atoms with Crippen LogP contribution < -0.4 is 5.73 Å². The molecule has 0 bridgehead atoms. The molecule has 94 valence electrons. The molecule has 5 nitrogen and oxygen atoms in total. The van der Waals surface area contributed by atoms with Gasteiger partial charge >= 0.3 is 5.97 Å². The molecule has 0 fully saturated rings. The van der Waals surface area contributed by atoms with Gasteiger partial charge in [0.25, 0.3) is 0 Å². The number of anilines is 1. The molecule has 0 amide bonds. The monoisotopic (exact) mass is 309 g/mol. The van der Waals surface area contributed by atoms with Crippen molar-refractivity contribution in [2.75, 3.05) is 12.8 Å². The number of halogens is 1. The molecule has 0 radical (unpaired) electrons. The molecule has 0 saturated carbocycles. The lowest BCUT2D eigenvalue weighted by molar-refractivity contribution is 0.0596. The fourth-order valence-electron chi connectivity index (χ4n) is 1.55. The maximum Gasteiger partial charge on any atom is 0.360 e. The number of ether oxygens (including phenoxy) is 1. The summed E-state index contributed by atoms with van der Waals surface area (Å²) in [4.78, 5) is 15.4. The molecular formula is C12H12BrN3O2. The zero-order chi connectivity index (χ0) is 13.3. The van der Waals surface area contributed by atoms with Crippen LogP contribution in [0.2, 0.25) is 0 Å². The van der Waals surface area contributed by atoms with E-state index in [2.05, 4.69) is 25.7 Å². The molecule has 0 saturated heterocycles. The van der Waals surface area contributed by atoms with Gasteiger partial charge in [-0.15, -0.1) is 0 Å². The number of esters is 1. The Kier molecular flexibility index (Phi) is 3.38. The van der Waals surface area contributed by atoms with Gasteiger partial charge < -0.3 is 10.5 Å². The van der Waals surface area contributed by atoms with E-state index in [1.165, 1.54) is 13.4 Å². The van der Waals surface area contributed by atoms with Crippen LogP contribution in [0.3, 0.4) is 0 Å². The van der Waals surface area contributed by atoms with Crippen molar-refractivity contribution < 1.29 is 9.53 Å². The lowest BCUT2D eigenvalue weighted by Gasteiger charge is -2.07. The first-order valence-electron chi connectivity index (χ1n) is 5.22. The highest BCUT2D eigenvalue weighted by Crippen LogP contribution is 2.23. The molecule has 0 spiro atoms. The standard InChI is InChI=1S/C12H12BrN3O2/c1-7-3-4-8(5-9(7)13)16-6-15-10(11(16)14)12(17)18-2/h3-6H,14H2,1-2H3. The summed E-state index contributed by atoms with van der Waals surface area (Å²) in [5.74, 6) is -0.282. The normalized spacial score (nSPS) is 10.4. The van der Waals surface area contributed by atoms with E-state index in [-0.39, 0.29) is 11.5 Å². The first kappa shape index (κ1) is 12.6. The van der Waals surface area contributed by atoms with E-state index < -0.39 is 5.97 Å². The Labute approximate surface area is 113 Å².